The van der Waals surface area contributed by atoms with E-state index < -0.39 is 6.10 Å². The highest BCUT2D eigenvalue weighted by Crippen LogP contribution is 2.32. The van der Waals surface area contributed by atoms with Crippen molar-refractivity contribution in [3.63, 3.8) is 0 Å². The molecule has 3 rings (SSSR count). The van der Waals surface area contributed by atoms with Crippen molar-refractivity contribution in [1.29, 1.82) is 0 Å². The van der Waals surface area contributed by atoms with Gasteiger partial charge in [0.25, 0.3) is 0 Å². The van der Waals surface area contributed by atoms with Crippen LogP contribution in [-0.4, -0.2) is 10.1 Å². The number of oxazole rings is 1. The maximum Gasteiger partial charge on any atom is 0.191 e. The molecule has 0 saturated heterocycles. The highest BCUT2D eigenvalue weighted by molar-refractivity contribution is 5.37. The number of aliphatic hydroxyl groups is 1. The van der Waals surface area contributed by atoms with Gasteiger partial charge in [0.2, 0.25) is 0 Å². The molecule has 3 nitrogen and oxygen atoms in total. The first-order chi connectivity index (χ1) is 7.75. The molecule has 0 amide bonds. The molecule has 0 aliphatic heterocycles. The van der Waals surface area contributed by atoms with Crippen molar-refractivity contribution in [3.8, 4) is 0 Å². The summed E-state index contributed by atoms with van der Waals surface area (Å²) in [7, 11) is 0. The van der Waals surface area contributed by atoms with Gasteiger partial charge in [-0.05, 0) is 24.0 Å². The summed E-state index contributed by atoms with van der Waals surface area (Å²) in [5.74, 6) is 1.24. The number of nitrogens with zero attached hydrogens (tertiary/aromatic N) is 1. The van der Waals surface area contributed by atoms with E-state index >= 15 is 0 Å². The van der Waals surface area contributed by atoms with Crippen LogP contribution in [0.2, 0.25) is 0 Å². The predicted octanol–water partition coefficient (Wildman–Crippen LogP) is 2.16. The molecule has 0 spiro atoms. The van der Waals surface area contributed by atoms with Crippen molar-refractivity contribution in [2.45, 2.75) is 25.9 Å². The third-order valence-corrected chi connectivity index (χ3v) is 3.06. The molecule has 16 heavy (non-hydrogen) atoms. The second kappa shape index (κ2) is 3.46. The molecule has 82 valence electrons. The Hall–Kier alpha value is -1.61. The Bertz CT molecular complexity index is 530. The van der Waals surface area contributed by atoms with E-state index in [1.165, 1.54) is 5.56 Å². The van der Waals surface area contributed by atoms with Gasteiger partial charge >= 0.3 is 0 Å². The Balaban J connectivity index is 2.16. The fourth-order valence-electron chi connectivity index (χ4n) is 2.30. The molecule has 1 N–H and O–H groups in total. The first kappa shape index (κ1) is 9.60. The van der Waals surface area contributed by atoms with Crippen molar-refractivity contribution in [2.24, 2.45) is 0 Å². The number of benzene rings is 1. The van der Waals surface area contributed by atoms with Gasteiger partial charge in [-0.2, -0.15) is 0 Å². The second-order valence-electron chi connectivity index (χ2n) is 4.15. The van der Waals surface area contributed by atoms with E-state index in [1.807, 2.05) is 25.1 Å². The van der Waals surface area contributed by atoms with Gasteiger partial charge in [-0.3, -0.25) is 0 Å². The Kier molecular flexibility index (Phi) is 2.07. The Morgan fingerprint density at radius 1 is 1.31 bits per heavy atom. The van der Waals surface area contributed by atoms with Crippen LogP contribution < -0.4 is 0 Å². The molecule has 0 saturated carbocycles. The monoisotopic (exact) mass is 215 g/mol. The Morgan fingerprint density at radius 2 is 2.12 bits per heavy atom. The van der Waals surface area contributed by atoms with Crippen molar-refractivity contribution < 1.29 is 9.52 Å². The number of fused-ring (bicyclic) bond motifs is 2. The number of rotatable bonds is 0. The zero-order valence-corrected chi connectivity index (χ0v) is 9.10. The predicted molar refractivity (Wildman–Crippen MR) is 59.2 cm³/mol. The topological polar surface area (TPSA) is 46.3 Å². The zero-order chi connectivity index (χ0) is 11.1. The molecule has 1 aromatic carbocycles. The number of aliphatic hydroxyl groups excluding tert-OH is 1. The Labute approximate surface area is 93.8 Å². The van der Waals surface area contributed by atoms with E-state index in [0.29, 0.717) is 11.7 Å². The summed E-state index contributed by atoms with van der Waals surface area (Å²) in [4.78, 5) is 4.32. The standard InChI is InChI=1S/C13H13NO2/c1-8-14-11-7-6-9-4-2-3-5-10(9)12(15)13(11)16-8/h2-5,12,15H,6-7H2,1H3. The first-order valence-corrected chi connectivity index (χ1v) is 5.48. The largest absolute Gasteiger partial charge is 0.443 e. The molecular weight excluding hydrogens is 202 g/mol. The average Bonchev–Trinajstić information content (AvgIpc) is 2.62. The van der Waals surface area contributed by atoms with E-state index in [2.05, 4.69) is 11.1 Å². The van der Waals surface area contributed by atoms with Gasteiger partial charge in [0.1, 0.15) is 6.10 Å². The van der Waals surface area contributed by atoms with Crippen molar-refractivity contribution >= 4 is 0 Å². The van der Waals surface area contributed by atoms with Gasteiger partial charge in [-0.15, -0.1) is 0 Å². The highest BCUT2D eigenvalue weighted by Gasteiger charge is 2.25. The molecule has 0 radical (unpaired) electrons. The quantitative estimate of drug-likeness (QED) is 0.732. The van der Waals surface area contributed by atoms with Crippen molar-refractivity contribution in [1.82, 2.24) is 4.98 Å². The summed E-state index contributed by atoms with van der Waals surface area (Å²) in [5.41, 5.74) is 3.01. The van der Waals surface area contributed by atoms with Crippen LogP contribution in [0.4, 0.5) is 0 Å². The summed E-state index contributed by atoms with van der Waals surface area (Å²) >= 11 is 0. The minimum atomic E-state index is -0.671. The summed E-state index contributed by atoms with van der Waals surface area (Å²) < 4.78 is 5.49. The fourth-order valence-corrected chi connectivity index (χ4v) is 2.30. The van der Waals surface area contributed by atoms with Gasteiger partial charge in [0, 0.05) is 6.92 Å². The minimum absolute atomic E-state index is 0.613. The summed E-state index contributed by atoms with van der Waals surface area (Å²) in [5, 5.41) is 10.3. The van der Waals surface area contributed by atoms with Crippen LogP contribution >= 0.6 is 0 Å². The first-order valence-electron chi connectivity index (χ1n) is 5.48. The lowest BCUT2D eigenvalue weighted by molar-refractivity contribution is 0.187. The molecule has 2 aromatic rings. The smallest absolute Gasteiger partial charge is 0.191 e. The van der Waals surface area contributed by atoms with E-state index in [4.69, 9.17) is 4.42 Å². The normalized spacial score (nSPS) is 18.8. The summed E-state index contributed by atoms with van der Waals surface area (Å²) in [6.07, 6.45) is 1.07. The second-order valence-corrected chi connectivity index (χ2v) is 4.15. The third kappa shape index (κ3) is 1.36. The molecule has 1 heterocycles. The van der Waals surface area contributed by atoms with Crippen LogP contribution in [-0.2, 0) is 12.8 Å². The fraction of sp³-hybridized carbons (Fsp3) is 0.308. The van der Waals surface area contributed by atoms with Crippen LogP contribution in [0.5, 0.6) is 0 Å². The lowest BCUT2D eigenvalue weighted by atomic mass is 10.0. The Morgan fingerprint density at radius 3 is 3.00 bits per heavy atom. The summed E-state index contributed by atoms with van der Waals surface area (Å²) in [6, 6.07) is 7.94. The van der Waals surface area contributed by atoms with Gasteiger partial charge in [0.15, 0.2) is 11.7 Å². The molecule has 1 aromatic heterocycles. The molecule has 1 atom stereocenters. The van der Waals surface area contributed by atoms with Gasteiger partial charge in [-0.1, -0.05) is 24.3 Å². The van der Waals surface area contributed by atoms with Gasteiger partial charge in [0.05, 0.1) is 5.69 Å². The van der Waals surface area contributed by atoms with E-state index in [-0.39, 0.29) is 0 Å². The summed E-state index contributed by atoms with van der Waals surface area (Å²) in [6.45, 7) is 1.81. The molecule has 1 aliphatic rings. The molecular formula is C13H13NO2. The van der Waals surface area contributed by atoms with Crippen LogP contribution in [0.3, 0.4) is 0 Å². The maximum absolute atomic E-state index is 10.3. The van der Waals surface area contributed by atoms with Crippen LogP contribution in [0.1, 0.15) is 34.6 Å². The average molecular weight is 215 g/mol. The highest BCUT2D eigenvalue weighted by atomic mass is 16.4. The lowest BCUT2D eigenvalue weighted by Crippen LogP contribution is -2.00. The molecule has 1 aliphatic carbocycles. The van der Waals surface area contributed by atoms with E-state index in [1.54, 1.807) is 0 Å². The van der Waals surface area contributed by atoms with Crippen LogP contribution in [0.25, 0.3) is 0 Å². The number of hydrogen-bond donors (Lipinski definition) is 1. The van der Waals surface area contributed by atoms with Crippen LogP contribution in [0, 0.1) is 6.92 Å². The SMILES string of the molecule is Cc1nc2c(o1)C(O)c1ccccc1CC2. The zero-order valence-electron chi connectivity index (χ0n) is 9.10. The van der Waals surface area contributed by atoms with Crippen molar-refractivity contribution in [2.75, 3.05) is 0 Å². The third-order valence-electron chi connectivity index (χ3n) is 3.06. The molecule has 0 fully saturated rings. The lowest BCUT2D eigenvalue weighted by Gasteiger charge is -2.10. The molecule has 3 heteroatoms. The van der Waals surface area contributed by atoms with Gasteiger partial charge in [-0.25, -0.2) is 4.98 Å². The molecule has 0 bridgehead atoms. The number of hydrogen-bond acceptors (Lipinski definition) is 3. The van der Waals surface area contributed by atoms with Gasteiger partial charge < -0.3 is 9.52 Å². The van der Waals surface area contributed by atoms with E-state index in [0.717, 1.165) is 24.1 Å². The number of aromatic nitrogens is 1. The number of aryl methyl sites for hydroxylation is 3. The minimum Gasteiger partial charge on any atom is -0.443 e. The molecule has 1 unspecified atom stereocenters. The van der Waals surface area contributed by atoms with Crippen LogP contribution in [0.15, 0.2) is 28.7 Å². The van der Waals surface area contributed by atoms with E-state index in [9.17, 15) is 5.11 Å². The van der Waals surface area contributed by atoms with Crippen molar-refractivity contribution in [3.05, 3.63) is 52.7 Å². The maximum atomic E-state index is 10.3.